The molecule has 0 spiro atoms. The summed E-state index contributed by atoms with van der Waals surface area (Å²) >= 11 is 0. The maximum atomic E-state index is 12.6. The minimum atomic E-state index is -0.505. The molecule has 0 radical (unpaired) electrons. The summed E-state index contributed by atoms with van der Waals surface area (Å²) < 4.78 is 0. The Morgan fingerprint density at radius 1 is 0.864 bits per heavy atom. The maximum Gasteiger partial charge on any atom is 0.253 e. The fourth-order valence-corrected chi connectivity index (χ4v) is 3.86. The number of rotatable bonds is 2. The average molecular weight is 292 g/mol. The molecule has 1 unspecified atom stereocenters. The van der Waals surface area contributed by atoms with Crippen molar-refractivity contribution in [1.82, 2.24) is 10.2 Å². The quantitative estimate of drug-likeness (QED) is 0.922. The summed E-state index contributed by atoms with van der Waals surface area (Å²) in [6, 6.07) is 18.4. The van der Waals surface area contributed by atoms with Crippen LogP contribution in [0.15, 0.2) is 54.6 Å². The Hall–Kier alpha value is -2.13. The van der Waals surface area contributed by atoms with Crippen molar-refractivity contribution in [3.05, 3.63) is 71.3 Å². The van der Waals surface area contributed by atoms with Crippen LogP contribution in [-0.4, -0.2) is 23.9 Å². The fourth-order valence-electron chi connectivity index (χ4n) is 3.86. The molecule has 0 aliphatic carbocycles. The van der Waals surface area contributed by atoms with Gasteiger partial charge in [0, 0.05) is 24.2 Å². The number of likely N-dealkylation sites (tertiary alicyclic amines) is 1. The maximum absolute atomic E-state index is 12.6. The number of amides is 1. The van der Waals surface area contributed by atoms with Crippen LogP contribution >= 0.6 is 0 Å². The highest BCUT2D eigenvalue weighted by Crippen LogP contribution is 2.41. The Kier molecular flexibility index (Phi) is 3.23. The third-order valence-electron chi connectivity index (χ3n) is 4.88. The van der Waals surface area contributed by atoms with Crippen LogP contribution in [0, 0.1) is 0 Å². The second-order valence-corrected chi connectivity index (χ2v) is 6.12. The van der Waals surface area contributed by atoms with Gasteiger partial charge in [-0.1, -0.05) is 55.0 Å². The zero-order valence-electron chi connectivity index (χ0n) is 12.6. The number of piperidine rings is 1. The van der Waals surface area contributed by atoms with Crippen molar-refractivity contribution in [2.45, 2.75) is 24.9 Å². The Labute approximate surface area is 131 Å². The summed E-state index contributed by atoms with van der Waals surface area (Å²) in [5.74, 6) is 0.0324. The number of fused-ring (bicyclic) bond motifs is 1. The lowest BCUT2D eigenvalue weighted by Gasteiger charge is -2.44. The van der Waals surface area contributed by atoms with E-state index in [1.54, 1.807) is 0 Å². The Morgan fingerprint density at radius 3 is 2.32 bits per heavy atom. The van der Waals surface area contributed by atoms with Crippen molar-refractivity contribution in [2.24, 2.45) is 0 Å². The molecule has 0 bridgehead atoms. The number of carbonyl (C=O) groups is 1. The summed E-state index contributed by atoms with van der Waals surface area (Å²) in [5, 5.41) is 3.31. The Morgan fingerprint density at radius 2 is 1.55 bits per heavy atom. The highest BCUT2D eigenvalue weighted by atomic mass is 16.2. The van der Waals surface area contributed by atoms with E-state index in [1.807, 2.05) is 36.4 Å². The topological polar surface area (TPSA) is 32.3 Å². The molecule has 2 heterocycles. The van der Waals surface area contributed by atoms with Crippen molar-refractivity contribution in [3.63, 3.8) is 0 Å². The summed E-state index contributed by atoms with van der Waals surface area (Å²) in [5.41, 5.74) is 2.54. The van der Waals surface area contributed by atoms with Crippen LogP contribution in [0.1, 0.15) is 40.7 Å². The standard InChI is InChI=1S/C19H20N2O/c22-18-16-11-5-6-12-17(16)19(20-18,15-9-3-1-4-10-15)21-13-7-2-8-14-21/h1,3-6,9-12H,2,7-8,13-14H2,(H,20,22). The molecule has 1 N–H and O–H groups in total. The number of nitrogens with zero attached hydrogens (tertiary/aromatic N) is 1. The molecule has 1 amide bonds. The first-order valence-electron chi connectivity index (χ1n) is 8.05. The molecule has 1 saturated heterocycles. The second kappa shape index (κ2) is 5.25. The molecule has 0 saturated carbocycles. The van der Waals surface area contributed by atoms with Gasteiger partial charge in [0.15, 0.2) is 0 Å². The number of nitrogens with one attached hydrogen (secondary N) is 1. The van der Waals surface area contributed by atoms with E-state index in [1.165, 1.54) is 19.3 Å². The van der Waals surface area contributed by atoms with Crippen LogP contribution < -0.4 is 5.32 Å². The van der Waals surface area contributed by atoms with Crippen LogP contribution in [-0.2, 0) is 5.66 Å². The summed E-state index contributed by atoms with van der Waals surface area (Å²) in [4.78, 5) is 15.0. The lowest BCUT2D eigenvalue weighted by atomic mass is 9.88. The molecule has 4 rings (SSSR count). The molecule has 1 atom stereocenters. The van der Waals surface area contributed by atoms with Gasteiger partial charge in [-0.3, -0.25) is 9.69 Å². The largest absolute Gasteiger partial charge is 0.326 e. The molecule has 1 fully saturated rings. The van der Waals surface area contributed by atoms with E-state index < -0.39 is 5.66 Å². The van der Waals surface area contributed by atoms with Gasteiger partial charge in [0.05, 0.1) is 0 Å². The molecule has 3 heteroatoms. The van der Waals surface area contributed by atoms with Crippen LogP contribution in [0.4, 0.5) is 0 Å². The Bertz CT molecular complexity index is 692. The van der Waals surface area contributed by atoms with E-state index >= 15 is 0 Å². The SMILES string of the molecule is O=C1NC(c2ccccc2)(N2CCCCC2)c2ccccc21. The van der Waals surface area contributed by atoms with E-state index in [4.69, 9.17) is 0 Å². The van der Waals surface area contributed by atoms with Crippen molar-refractivity contribution in [1.29, 1.82) is 0 Å². The van der Waals surface area contributed by atoms with Crippen molar-refractivity contribution in [3.8, 4) is 0 Å². The highest BCUT2D eigenvalue weighted by Gasteiger charge is 2.48. The zero-order chi connectivity index (χ0) is 15.0. The van der Waals surface area contributed by atoms with Gasteiger partial charge >= 0.3 is 0 Å². The lowest BCUT2D eigenvalue weighted by molar-refractivity contribution is 0.0625. The van der Waals surface area contributed by atoms with Crippen molar-refractivity contribution in [2.75, 3.05) is 13.1 Å². The molecule has 22 heavy (non-hydrogen) atoms. The predicted octanol–water partition coefficient (Wildman–Crippen LogP) is 3.12. The third-order valence-corrected chi connectivity index (χ3v) is 4.88. The van der Waals surface area contributed by atoms with Crippen LogP contribution in [0.5, 0.6) is 0 Å². The van der Waals surface area contributed by atoms with Crippen molar-refractivity contribution < 1.29 is 4.79 Å². The van der Waals surface area contributed by atoms with E-state index in [9.17, 15) is 4.79 Å². The summed E-state index contributed by atoms with van der Waals surface area (Å²) in [6.07, 6.45) is 3.65. The van der Waals surface area contributed by atoms with E-state index in [0.29, 0.717) is 0 Å². The molecule has 2 aliphatic heterocycles. The van der Waals surface area contributed by atoms with Gasteiger partial charge in [-0.25, -0.2) is 0 Å². The molecule has 0 aromatic heterocycles. The van der Waals surface area contributed by atoms with Crippen LogP contribution in [0.25, 0.3) is 0 Å². The minimum Gasteiger partial charge on any atom is -0.326 e. The van der Waals surface area contributed by atoms with Crippen LogP contribution in [0.3, 0.4) is 0 Å². The van der Waals surface area contributed by atoms with Gasteiger partial charge in [0.25, 0.3) is 5.91 Å². The molecule has 2 aliphatic rings. The number of hydrogen-bond acceptors (Lipinski definition) is 2. The van der Waals surface area contributed by atoms with Gasteiger partial charge in [-0.15, -0.1) is 0 Å². The summed E-state index contributed by atoms with van der Waals surface area (Å²) in [6.45, 7) is 2.03. The van der Waals surface area contributed by atoms with E-state index in [-0.39, 0.29) is 5.91 Å². The fraction of sp³-hybridized carbons (Fsp3) is 0.316. The average Bonchev–Trinajstić information content (AvgIpc) is 2.91. The number of hydrogen-bond donors (Lipinski definition) is 1. The van der Waals surface area contributed by atoms with E-state index in [2.05, 4.69) is 28.4 Å². The third kappa shape index (κ3) is 1.89. The lowest BCUT2D eigenvalue weighted by Crippen LogP contribution is -2.56. The number of benzene rings is 2. The van der Waals surface area contributed by atoms with Gasteiger partial charge in [0.1, 0.15) is 5.66 Å². The first-order valence-corrected chi connectivity index (χ1v) is 8.05. The first-order chi connectivity index (χ1) is 10.8. The smallest absolute Gasteiger partial charge is 0.253 e. The predicted molar refractivity (Wildman–Crippen MR) is 86.6 cm³/mol. The summed E-state index contributed by atoms with van der Waals surface area (Å²) in [7, 11) is 0. The highest BCUT2D eigenvalue weighted by molar-refractivity contribution is 6.00. The minimum absolute atomic E-state index is 0.0324. The molecule has 112 valence electrons. The Balaban J connectivity index is 1.93. The van der Waals surface area contributed by atoms with Gasteiger partial charge < -0.3 is 5.32 Å². The molecule has 2 aromatic rings. The molecular weight excluding hydrogens is 272 g/mol. The molecular formula is C19H20N2O. The molecule has 3 nitrogen and oxygen atoms in total. The monoisotopic (exact) mass is 292 g/mol. The van der Waals surface area contributed by atoms with Crippen LogP contribution in [0.2, 0.25) is 0 Å². The first kappa shape index (κ1) is 13.5. The number of carbonyl (C=O) groups excluding carboxylic acids is 1. The van der Waals surface area contributed by atoms with Gasteiger partial charge in [0.2, 0.25) is 0 Å². The van der Waals surface area contributed by atoms with Crippen molar-refractivity contribution >= 4 is 5.91 Å². The van der Waals surface area contributed by atoms with E-state index in [0.717, 1.165) is 29.8 Å². The second-order valence-electron chi connectivity index (χ2n) is 6.12. The van der Waals surface area contributed by atoms with Gasteiger partial charge in [-0.2, -0.15) is 0 Å². The van der Waals surface area contributed by atoms with Gasteiger partial charge in [-0.05, 0) is 24.5 Å². The normalized spacial score (nSPS) is 24.8. The molecule has 2 aromatic carbocycles. The zero-order valence-corrected chi connectivity index (χ0v) is 12.6.